The Balaban J connectivity index is 1.57. The summed E-state index contributed by atoms with van der Waals surface area (Å²) in [6, 6.07) is 11.5. The number of anilines is 1. The number of aromatic carboxylic acids is 1. The number of carboxylic acid groups (broad SMARTS) is 1. The van der Waals surface area contributed by atoms with Gasteiger partial charge in [-0.05, 0) is 79.5 Å². The van der Waals surface area contributed by atoms with Crippen LogP contribution in [0.4, 0.5) is 5.69 Å². The van der Waals surface area contributed by atoms with E-state index in [0.29, 0.717) is 18.1 Å². The molecule has 2 aliphatic carbocycles. The van der Waals surface area contributed by atoms with E-state index in [1.54, 1.807) is 12.1 Å². The highest BCUT2D eigenvalue weighted by atomic mass is 35.5. The molecule has 0 unspecified atom stereocenters. The summed E-state index contributed by atoms with van der Waals surface area (Å²) >= 11 is 6.28. The predicted molar refractivity (Wildman–Crippen MR) is 115 cm³/mol. The van der Waals surface area contributed by atoms with Gasteiger partial charge in [-0.15, -0.1) is 0 Å². The van der Waals surface area contributed by atoms with E-state index in [-0.39, 0.29) is 5.41 Å². The van der Waals surface area contributed by atoms with Crippen LogP contribution in [-0.2, 0) is 11.8 Å². The Bertz CT molecular complexity index is 955. The van der Waals surface area contributed by atoms with Crippen molar-refractivity contribution in [1.82, 2.24) is 0 Å². The van der Waals surface area contributed by atoms with Crippen molar-refractivity contribution in [3.05, 3.63) is 58.1 Å². The summed E-state index contributed by atoms with van der Waals surface area (Å²) < 4.78 is 6.36. The first-order chi connectivity index (χ1) is 14.0. The fourth-order valence-corrected chi connectivity index (χ4v) is 5.43. The fourth-order valence-electron chi connectivity index (χ4n) is 5.23. The zero-order chi connectivity index (χ0) is 20.0. The molecule has 2 aromatic carbocycles. The van der Waals surface area contributed by atoms with Crippen LogP contribution in [0, 0.1) is 5.92 Å². The summed E-state index contributed by atoms with van der Waals surface area (Å²) in [5, 5.41) is 10.3. The standard InChI is InChI=1S/C24H26ClNO3/c25-19-7-8-20-17(11-19)5-2-10-24(20)14-26(13-16-3-1-4-16)21-12-18(23(27)28)6-9-22(21)29-15-24/h6-9,11-12,16H,1-5,10,13-15H2,(H,27,28)/t24-/m0/s1. The van der Waals surface area contributed by atoms with E-state index in [0.717, 1.165) is 48.8 Å². The van der Waals surface area contributed by atoms with Crippen LogP contribution in [0.1, 0.15) is 53.6 Å². The van der Waals surface area contributed by atoms with Crippen molar-refractivity contribution in [2.45, 2.75) is 43.9 Å². The zero-order valence-corrected chi connectivity index (χ0v) is 17.3. The topological polar surface area (TPSA) is 49.8 Å². The number of carboxylic acids is 1. The Morgan fingerprint density at radius 1 is 1.21 bits per heavy atom. The van der Waals surface area contributed by atoms with Gasteiger partial charge in [0.25, 0.3) is 0 Å². The normalized spacial score (nSPS) is 23.6. The molecule has 1 aliphatic heterocycles. The molecule has 4 nitrogen and oxygen atoms in total. The summed E-state index contributed by atoms with van der Waals surface area (Å²) in [6.45, 7) is 2.43. The van der Waals surface area contributed by atoms with Crippen molar-refractivity contribution in [1.29, 1.82) is 0 Å². The van der Waals surface area contributed by atoms with Gasteiger partial charge in [0.15, 0.2) is 0 Å². The van der Waals surface area contributed by atoms with E-state index >= 15 is 0 Å². The first kappa shape index (κ1) is 18.8. The van der Waals surface area contributed by atoms with Gasteiger partial charge in [0.05, 0.1) is 17.9 Å². The Labute approximate surface area is 176 Å². The smallest absolute Gasteiger partial charge is 0.335 e. The number of nitrogens with zero attached hydrogens (tertiary/aromatic N) is 1. The van der Waals surface area contributed by atoms with Gasteiger partial charge in [0.2, 0.25) is 0 Å². The first-order valence-electron chi connectivity index (χ1n) is 10.6. The van der Waals surface area contributed by atoms with E-state index < -0.39 is 5.97 Å². The highest BCUT2D eigenvalue weighted by Gasteiger charge is 2.42. The quantitative estimate of drug-likeness (QED) is 0.743. The van der Waals surface area contributed by atoms with Gasteiger partial charge in [-0.2, -0.15) is 0 Å². The maximum atomic E-state index is 11.6. The van der Waals surface area contributed by atoms with Crippen molar-refractivity contribution >= 4 is 23.3 Å². The van der Waals surface area contributed by atoms with E-state index in [1.807, 2.05) is 12.1 Å². The first-order valence-corrected chi connectivity index (χ1v) is 11.0. The number of halogens is 1. The molecule has 1 spiro atoms. The van der Waals surface area contributed by atoms with Crippen molar-refractivity contribution in [2.75, 3.05) is 24.6 Å². The monoisotopic (exact) mass is 411 g/mol. The van der Waals surface area contributed by atoms with Crippen molar-refractivity contribution in [3.63, 3.8) is 0 Å². The summed E-state index contributed by atoms with van der Waals surface area (Å²) in [5.74, 6) is 0.583. The number of carbonyl (C=O) groups is 1. The lowest BCUT2D eigenvalue weighted by atomic mass is 9.70. The summed E-state index contributed by atoms with van der Waals surface area (Å²) in [7, 11) is 0. The zero-order valence-electron chi connectivity index (χ0n) is 16.5. The molecule has 0 bridgehead atoms. The van der Waals surface area contributed by atoms with Gasteiger partial charge in [0.1, 0.15) is 5.75 Å². The molecule has 2 aromatic rings. The third-order valence-electron chi connectivity index (χ3n) is 6.99. The minimum atomic E-state index is -0.895. The Kier molecular flexibility index (Phi) is 4.70. The van der Waals surface area contributed by atoms with Crippen LogP contribution in [-0.4, -0.2) is 30.8 Å². The SMILES string of the molecule is O=C(O)c1ccc2c(c1)N(CC1CCC1)C[C@@]1(CCCc3cc(Cl)ccc31)CO2. The Morgan fingerprint density at radius 2 is 2.07 bits per heavy atom. The predicted octanol–water partition coefficient (Wildman–Crippen LogP) is 5.31. The number of hydrogen-bond donors (Lipinski definition) is 1. The number of aryl methyl sites for hydroxylation is 1. The Hall–Kier alpha value is -2.20. The maximum absolute atomic E-state index is 11.6. The summed E-state index contributed by atoms with van der Waals surface area (Å²) in [5.41, 5.74) is 3.82. The van der Waals surface area contributed by atoms with Crippen LogP contribution in [0.25, 0.3) is 0 Å². The molecule has 0 saturated heterocycles. The molecule has 1 saturated carbocycles. The minimum Gasteiger partial charge on any atom is -0.490 e. The second-order valence-corrected chi connectivity index (χ2v) is 9.33. The van der Waals surface area contributed by atoms with Crippen LogP contribution in [0.15, 0.2) is 36.4 Å². The van der Waals surface area contributed by atoms with E-state index in [1.165, 1.54) is 30.4 Å². The highest BCUT2D eigenvalue weighted by Crippen LogP contribution is 2.45. The molecule has 0 amide bonds. The van der Waals surface area contributed by atoms with Gasteiger partial charge >= 0.3 is 5.97 Å². The van der Waals surface area contributed by atoms with Gasteiger partial charge in [-0.3, -0.25) is 0 Å². The molecule has 5 rings (SSSR count). The van der Waals surface area contributed by atoms with Gasteiger partial charge in [-0.25, -0.2) is 4.79 Å². The molecule has 1 fully saturated rings. The average molecular weight is 412 g/mol. The van der Waals surface area contributed by atoms with E-state index in [4.69, 9.17) is 16.3 Å². The lowest BCUT2D eigenvalue weighted by molar-refractivity contribution is 0.0697. The lowest BCUT2D eigenvalue weighted by Gasteiger charge is -2.42. The molecule has 1 heterocycles. The second-order valence-electron chi connectivity index (χ2n) is 8.89. The third kappa shape index (κ3) is 3.38. The van der Waals surface area contributed by atoms with Crippen molar-refractivity contribution in [3.8, 4) is 5.75 Å². The van der Waals surface area contributed by atoms with Crippen LogP contribution in [0.3, 0.4) is 0 Å². The third-order valence-corrected chi connectivity index (χ3v) is 7.22. The highest BCUT2D eigenvalue weighted by molar-refractivity contribution is 6.30. The molecule has 0 aromatic heterocycles. The van der Waals surface area contributed by atoms with Crippen molar-refractivity contribution < 1.29 is 14.6 Å². The number of hydrogen-bond acceptors (Lipinski definition) is 3. The minimum absolute atomic E-state index is 0.0929. The molecule has 1 N–H and O–H groups in total. The molecule has 29 heavy (non-hydrogen) atoms. The Morgan fingerprint density at radius 3 is 2.83 bits per heavy atom. The molecular formula is C24H26ClNO3. The van der Waals surface area contributed by atoms with Crippen LogP contribution < -0.4 is 9.64 Å². The fraction of sp³-hybridized carbons (Fsp3) is 0.458. The van der Waals surface area contributed by atoms with E-state index in [9.17, 15) is 9.90 Å². The molecule has 1 atom stereocenters. The van der Waals surface area contributed by atoms with Gasteiger partial charge < -0.3 is 14.7 Å². The lowest BCUT2D eigenvalue weighted by Crippen LogP contribution is -2.47. The van der Waals surface area contributed by atoms with Crippen LogP contribution >= 0.6 is 11.6 Å². The molecule has 5 heteroatoms. The van der Waals surface area contributed by atoms with Crippen molar-refractivity contribution in [2.24, 2.45) is 5.92 Å². The number of rotatable bonds is 3. The molecule has 0 radical (unpaired) electrons. The van der Waals surface area contributed by atoms with Crippen LogP contribution in [0.2, 0.25) is 5.02 Å². The second kappa shape index (κ2) is 7.24. The number of benzene rings is 2. The number of fused-ring (bicyclic) bond motifs is 3. The van der Waals surface area contributed by atoms with E-state index in [2.05, 4.69) is 17.0 Å². The maximum Gasteiger partial charge on any atom is 0.335 e. The van der Waals surface area contributed by atoms with Crippen LogP contribution in [0.5, 0.6) is 5.75 Å². The largest absolute Gasteiger partial charge is 0.490 e. The van der Waals surface area contributed by atoms with Gasteiger partial charge in [-0.1, -0.05) is 24.1 Å². The van der Waals surface area contributed by atoms with Gasteiger partial charge in [0, 0.05) is 23.5 Å². The summed E-state index contributed by atoms with van der Waals surface area (Å²) in [6.07, 6.45) is 7.04. The number of ether oxygens (including phenoxy) is 1. The molecule has 152 valence electrons. The summed E-state index contributed by atoms with van der Waals surface area (Å²) in [4.78, 5) is 14.0. The molecule has 3 aliphatic rings. The average Bonchev–Trinajstić information content (AvgIpc) is 2.82. The molecular weight excluding hydrogens is 386 g/mol.